The van der Waals surface area contributed by atoms with E-state index in [1.165, 1.54) is 4.90 Å². The van der Waals surface area contributed by atoms with Gasteiger partial charge >= 0.3 is 5.97 Å². The van der Waals surface area contributed by atoms with E-state index in [1.54, 1.807) is 24.3 Å². The molecular weight excluding hydrogens is 270 g/mol. The molecule has 0 aliphatic rings. The summed E-state index contributed by atoms with van der Waals surface area (Å²) in [6.07, 6.45) is 0.0309. The Morgan fingerprint density at radius 1 is 1.16 bits per heavy atom. The lowest BCUT2D eigenvalue weighted by Crippen LogP contribution is -2.36. The molecule has 1 aromatic carbocycles. The van der Waals surface area contributed by atoms with Crippen molar-refractivity contribution in [3.05, 3.63) is 34.9 Å². The minimum absolute atomic E-state index is 0.0995. The highest BCUT2D eigenvalue weighted by atomic mass is 35.5. The molecule has 104 valence electrons. The van der Waals surface area contributed by atoms with Gasteiger partial charge in [0.1, 0.15) is 0 Å². The van der Waals surface area contributed by atoms with E-state index in [-0.39, 0.29) is 38.4 Å². The molecule has 0 bridgehead atoms. The molecule has 6 heteroatoms. The Morgan fingerprint density at radius 3 is 2.32 bits per heavy atom. The summed E-state index contributed by atoms with van der Waals surface area (Å²) < 4.78 is 0. The molecule has 0 aromatic heterocycles. The van der Waals surface area contributed by atoms with Gasteiger partial charge in [0.2, 0.25) is 5.91 Å². The molecular formula is C13H16ClNO4. The van der Waals surface area contributed by atoms with E-state index in [1.807, 2.05) is 0 Å². The van der Waals surface area contributed by atoms with Gasteiger partial charge in [0.15, 0.2) is 0 Å². The molecule has 0 unspecified atom stereocenters. The molecule has 0 radical (unpaired) electrons. The van der Waals surface area contributed by atoms with Gasteiger partial charge in [0.05, 0.1) is 19.4 Å². The van der Waals surface area contributed by atoms with Gasteiger partial charge in [-0.25, -0.2) is 0 Å². The maximum Gasteiger partial charge on any atom is 0.305 e. The number of aliphatic hydroxyl groups is 1. The highest BCUT2D eigenvalue weighted by molar-refractivity contribution is 6.30. The first kappa shape index (κ1) is 15.5. The summed E-state index contributed by atoms with van der Waals surface area (Å²) in [4.78, 5) is 23.9. The molecule has 0 atom stereocenters. The highest BCUT2D eigenvalue weighted by Crippen LogP contribution is 2.11. The molecule has 0 spiro atoms. The Balaban J connectivity index is 2.60. The van der Waals surface area contributed by atoms with Crippen LogP contribution in [0.2, 0.25) is 5.02 Å². The second-order valence-electron chi connectivity index (χ2n) is 4.05. The van der Waals surface area contributed by atoms with E-state index in [2.05, 4.69) is 0 Å². The summed E-state index contributed by atoms with van der Waals surface area (Å²) in [7, 11) is 0. The van der Waals surface area contributed by atoms with Crippen LogP contribution in [0.4, 0.5) is 0 Å². The van der Waals surface area contributed by atoms with Crippen molar-refractivity contribution in [3.63, 3.8) is 0 Å². The number of amides is 1. The van der Waals surface area contributed by atoms with Crippen LogP contribution in [0.1, 0.15) is 12.0 Å². The molecule has 0 aliphatic carbocycles. The number of hydrogen-bond donors (Lipinski definition) is 2. The molecule has 1 amide bonds. The fourth-order valence-electron chi connectivity index (χ4n) is 1.60. The zero-order chi connectivity index (χ0) is 14.3. The second-order valence-corrected chi connectivity index (χ2v) is 4.49. The van der Waals surface area contributed by atoms with Gasteiger partial charge < -0.3 is 15.1 Å². The number of rotatable bonds is 7. The Kier molecular flexibility index (Phi) is 6.32. The molecule has 0 saturated carbocycles. The molecule has 2 N–H and O–H groups in total. The molecule has 0 fully saturated rings. The fraction of sp³-hybridized carbons (Fsp3) is 0.385. The third-order valence-electron chi connectivity index (χ3n) is 2.59. The first-order valence-electron chi connectivity index (χ1n) is 5.88. The molecule has 19 heavy (non-hydrogen) atoms. The summed E-state index contributed by atoms with van der Waals surface area (Å²) >= 11 is 5.75. The van der Waals surface area contributed by atoms with Gasteiger partial charge in [-0.2, -0.15) is 0 Å². The SMILES string of the molecule is O=C(O)CCN(CCO)C(=O)Cc1ccc(Cl)cc1. The number of benzene rings is 1. The van der Waals surface area contributed by atoms with Crippen LogP contribution in [0.15, 0.2) is 24.3 Å². The van der Waals surface area contributed by atoms with Gasteiger partial charge in [0, 0.05) is 18.1 Å². The summed E-state index contributed by atoms with van der Waals surface area (Å²) in [6, 6.07) is 6.87. The van der Waals surface area contributed by atoms with Crippen molar-refractivity contribution < 1.29 is 19.8 Å². The van der Waals surface area contributed by atoms with Gasteiger partial charge in [0.25, 0.3) is 0 Å². The van der Waals surface area contributed by atoms with Crippen molar-refractivity contribution in [1.82, 2.24) is 4.90 Å². The van der Waals surface area contributed by atoms with Gasteiger partial charge in [-0.1, -0.05) is 23.7 Å². The van der Waals surface area contributed by atoms with Crippen molar-refractivity contribution in [1.29, 1.82) is 0 Å². The third kappa shape index (κ3) is 5.72. The predicted molar refractivity (Wildman–Crippen MR) is 71.1 cm³/mol. The van der Waals surface area contributed by atoms with Crippen LogP contribution in [-0.2, 0) is 16.0 Å². The number of aliphatic hydroxyl groups excluding tert-OH is 1. The van der Waals surface area contributed by atoms with Crippen LogP contribution < -0.4 is 0 Å². The predicted octanol–water partition coefficient (Wildman–Crippen LogP) is 1.18. The Labute approximate surface area is 116 Å². The number of aliphatic carboxylic acids is 1. The lowest BCUT2D eigenvalue weighted by atomic mass is 10.1. The van der Waals surface area contributed by atoms with Crippen molar-refractivity contribution in [2.75, 3.05) is 19.7 Å². The van der Waals surface area contributed by atoms with E-state index in [4.69, 9.17) is 21.8 Å². The average Bonchev–Trinajstić information content (AvgIpc) is 2.37. The number of halogens is 1. The largest absolute Gasteiger partial charge is 0.481 e. The third-order valence-corrected chi connectivity index (χ3v) is 2.84. The van der Waals surface area contributed by atoms with Crippen molar-refractivity contribution >= 4 is 23.5 Å². The Hall–Kier alpha value is -1.59. The normalized spacial score (nSPS) is 10.2. The minimum atomic E-state index is -0.970. The molecule has 1 rings (SSSR count). The minimum Gasteiger partial charge on any atom is -0.481 e. The topological polar surface area (TPSA) is 77.8 Å². The Morgan fingerprint density at radius 2 is 1.79 bits per heavy atom. The lowest BCUT2D eigenvalue weighted by molar-refractivity contribution is -0.138. The van der Waals surface area contributed by atoms with Crippen molar-refractivity contribution in [3.8, 4) is 0 Å². The number of carbonyl (C=O) groups excluding carboxylic acids is 1. The molecule has 5 nitrogen and oxygen atoms in total. The first-order chi connectivity index (χ1) is 9.02. The maximum absolute atomic E-state index is 12.0. The van der Waals surface area contributed by atoms with Crippen LogP contribution >= 0.6 is 11.6 Å². The lowest BCUT2D eigenvalue weighted by Gasteiger charge is -2.21. The first-order valence-corrected chi connectivity index (χ1v) is 6.25. The standard InChI is InChI=1S/C13H16ClNO4/c14-11-3-1-10(2-4-11)9-12(17)15(7-8-16)6-5-13(18)19/h1-4,16H,5-9H2,(H,18,19). The van der Waals surface area contributed by atoms with E-state index in [0.717, 1.165) is 5.56 Å². The second kappa shape index (κ2) is 7.76. The number of nitrogens with zero attached hydrogens (tertiary/aromatic N) is 1. The average molecular weight is 286 g/mol. The summed E-state index contributed by atoms with van der Waals surface area (Å²) in [6.45, 7) is 0.0496. The number of hydrogen-bond acceptors (Lipinski definition) is 3. The quantitative estimate of drug-likeness (QED) is 0.788. The van der Waals surface area contributed by atoms with Crippen LogP contribution in [-0.4, -0.2) is 46.7 Å². The number of carboxylic acid groups (broad SMARTS) is 1. The van der Waals surface area contributed by atoms with E-state index < -0.39 is 5.97 Å². The maximum atomic E-state index is 12.0. The summed E-state index contributed by atoms with van der Waals surface area (Å²) in [5.41, 5.74) is 0.799. The number of carboxylic acids is 1. The van der Waals surface area contributed by atoms with E-state index in [0.29, 0.717) is 5.02 Å². The molecule has 0 saturated heterocycles. The van der Waals surface area contributed by atoms with Crippen LogP contribution in [0, 0.1) is 0 Å². The van der Waals surface area contributed by atoms with Gasteiger partial charge in [-0.05, 0) is 17.7 Å². The van der Waals surface area contributed by atoms with Crippen molar-refractivity contribution in [2.45, 2.75) is 12.8 Å². The highest BCUT2D eigenvalue weighted by Gasteiger charge is 2.14. The zero-order valence-corrected chi connectivity index (χ0v) is 11.1. The van der Waals surface area contributed by atoms with Crippen LogP contribution in [0.3, 0.4) is 0 Å². The van der Waals surface area contributed by atoms with Crippen molar-refractivity contribution in [2.24, 2.45) is 0 Å². The molecule has 0 heterocycles. The smallest absolute Gasteiger partial charge is 0.305 e. The van der Waals surface area contributed by atoms with Crippen LogP contribution in [0.5, 0.6) is 0 Å². The van der Waals surface area contributed by atoms with Gasteiger partial charge in [-0.3, -0.25) is 9.59 Å². The van der Waals surface area contributed by atoms with Gasteiger partial charge in [-0.15, -0.1) is 0 Å². The van der Waals surface area contributed by atoms with E-state index >= 15 is 0 Å². The number of carbonyl (C=O) groups is 2. The Bertz CT molecular complexity index is 433. The fourth-order valence-corrected chi connectivity index (χ4v) is 1.73. The molecule has 1 aromatic rings. The summed E-state index contributed by atoms with van der Waals surface area (Å²) in [5.74, 6) is -1.18. The monoisotopic (exact) mass is 285 g/mol. The molecule has 0 aliphatic heterocycles. The van der Waals surface area contributed by atoms with Crippen LogP contribution in [0.25, 0.3) is 0 Å². The zero-order valence-electron chi connectivity index (χ0n) is 10.4. The van der Waals surface area contributed by atoms with E-state index in [9.17, 15) is 9.59 Å². The summed E-state index contributed by atoms with van der Waals surface area (Å²) in [5, 5.41) is 18.1.